The van der Waals surface area contributed by atoms with Gasteiger partial charge in [0, 0.05) is 0 Å². The molecule has 0 heterocycles. The van der Waals surface area contributed by atoms with E-state index in [1.54, 1.807) is 13.8 Å². The average molecular weight is 222 g/mol. The molecule has 0 saturated carbocycles. The lowest BCUT2D eigenvalue weighted by molar-refractivity contribution is -0.140. The fourth-order valence-electron chi connectivity index (χ4n) is 1.06. The number of hydrogen-bond acceptors (Lipinski definition) is 4. The van der Waals surface area contributed by atoms with E-state index in [-0.39, 0.29) is 6.42 Å². The average Bonchev–Trinajstić information content (AvgIpc) is 2.15. The summed E-state index contributed by atoms with van der Waals surface area (Å²) >= 11 is 0. The van der Waals surface area contributed by atoms with Crippen molar-refractivity contribution in [2.24, 2.45) is 0 Å². The lowest BCUT2D eigenvalue weighted by atomic mass is 10.3. The van der Waals surface area contributed by atoms with E-state index in [0.717, 1.165) is 0 Å². The first-order chi connectivity index (χ1) is 6.36. The summed E-state index contributed by atoms with van der Waals surface area (Å²) in [6.07, 6.45) is 0.497. The lowest BCUT2D eigenvalue weighted by Crippen LogP contribution is -2.29. The van der Waals surface area contributed by atoms with Crippen molar-refractivity contribution in [1.29, 1.82) is 0 Å². The fourth-order valence-corrected chi connectivity index (χ4v) is 2.69. The Bertz CT molecular complexity index is 281. The van der Waals surface area contributed by atoms with Crippen LogP contribution < -0.4 is 0 Å². The highest BCUT2D eigenvalue weighted by atomic mass is 32.2. The zero-order valence-electron chi connectivity index (χ0n) is 9.11. The summed E-state index contributed by atoms with van der Waals surface area (Å²) in [7, 11) is -1.94. The molecule has 4 nitrogen and oxygen atoms in total. The quantitative estimate of drug-likeness (QED) is 0.655. The lowest BCUT2D eigenvalue weighted by Gasteiger charge is -2.16. The molecule has 0 aliphatic rings. The van der Waals surface area contributed by atoms with E-state index in [2.05, 4.69) is 4.74 Å². The van der Waals surface area contributed by atoms with Crippen molar-refractivity contribution >= 4 is 15.8 Å². The van der Waals surface area contributed by atoms with Crippen molar-refractivity contribution in [2.75, 3.05) is 7.11 Å². The Hall–Kier alpha value is -0.580. The molecule has 0 aromatic rings. The van der Waals surface area contributed by atoms with E-state index < -0.39 is 26.3 Å². The first kappa shape index (κ1) is 13.4. The molecule has 84 valence electrons. The van der Waals surface area contributed by atoms with Crippen LogP contribution in [0.15, 0.2) is 0 Å². The smallest absolute Gasteiger partial charge is 0.306 e. The van der Waals surface area contributed by atoms with Crippen LogP contribution in [0, 0.1) is 0 Å². The number of hydrogen-bond donors (Lipinski definition) is 0. The van der Waals surface area contributed by atoms with Gasteiger partial charge < -0.3 is 4.74 Å². The zero-order chi connectivity index (χ0) is 11.4. The van der Waals surface area contributed by atoms with Gasteiger partial charge in [-0.05, 0) is 20.3 Å². The number of ether oxygens (including phenoxy) is 1. The summed E-state index contributed by atoms with van der Waals surface area (Å²) in [5, 5.41) is -1.06. The molecule has 0 aliphatic heterocycles. The Morgan fingerprint density at radius 3 is 2.14 bits per heavy atom. The van der Waals surface area contributed by atoms with Crippen LogP contribution in [0.5, 0.6) is 0 Å². The Kier molecular flexibility index (Phi) is 5.12. The second kappa shape index (κ2) is 5.34. The van der Waals surface area contributed by atoms with E-state index in [9.17, 15) is 13.2 Å². The van der Waals surface area contributed by atoms with E-state index >= 15 is 0 Å². The Morgan fingerprint density at radius 1 is 1.29 bits per heavy atom. The van der Waals surface area contributed by atoms with Crippen molar-refractivity contribution in [2.45, 2.75) is 44.1 Å². The topological polar surface area (TPSA) is 60.4 Å². The molecule has 0 aliphatic carbocycles. The molecule has 2 atom stereocenters. The van der Waals surface area contributed by atoms with E-state index in [4.69, 9.17) is 0 Å². The molecule has 5 heteroatoms. The van der Waals surface area contributed by atoms with Crippen molar-refractivity contribution in [3.05, 3.63) is 0 Å². The number of carbonyl (C=O) groups is 1. The van der Waals surface area contributed by atoms with Crippen molar-refractivity contribution in [3.63, 3.8) is 0 Å². The maximum absolute atomic E-state index is 11.7. The molecule has 2 unspecified atom stereocenters. The third-order valence-electron chi connectivity index (χ3n) is 2.38. The molecular formula is C9H18O4S. The van der Waals surface area contributed by atoms with Crippen molar-refractivity contribution in [3.8, 4) is 0 Å². The van der Waals surface area contributed by atoms with Gasteiger partial charge in [-0.3, -0.25) is 4.79 Å². The number of methoxy groups -OCH3 is 1. The second-order valence-corrected chi connectivity index (χ2v) is 6.19. The first-order valence-corrected chi connectivity index (χ1v) is 6.26. The Balaban J connectivity index is 4.52. The summed E-state index contributed by atoms with van der Waals surface area (Å²) in [5.41, 5.74) is 0. The van der Waals surface area contributed by atoms with Crippen LogP contribution in [0.2, 0.25) is 0 Å². The molecule has 0 saturated heterocycles. The van der Waals surface area contributed by atoms with Crippen LogP contribution in [-0.2, 0) is 19.4 Å². The van der Waals surface area contributed by atoms with Crippen LogP contribution in [0.4, 0.5) is 0 Å². The summed E-state index contributed by atoms with van der Waals surface area (Å²) in [5.74, 6) is -0.482. The first-order valence-electron chi connectivity index (χ1n) is 4.65. The highest BCUT2D eigenvalue weighted by Crippen LogP contribution is 2.15. The molecule has 0 bridgehead atoms. The van der Waals surface area contributed by atoms with E-state index in [0.29, 0.717) is 6.42 Å². The molecule has 0 radical (unpaired) electrons. The monoisotopic (exact) mass is 222 g/mol. The molecule has 0 aromatic carbocycles. The van der Waals surface area contributed by atoms with Gasteiger partial charge in [0.25, 0.3) is 0 Å². The van der Waals surface area contributed by atoms with Gasteiger partial charge in [0.2, 0.25) is 0 Å². The fraction of sp³-hybridized carbons (Fsp3) is 0.889. The molecule has 14 heavy (non-hydrogen) atoms. The highest BCUT2D eigenvalue weighted by molar-refractivity contribution is 7.92. The van der Waals surface area contributed by atoms with Gasteiger partial charge >= 0.3 is 5.97 Å². The second-order valence-electron chi connectivity index (χ2n) is 3.40. The zero-order valence-corrected chi connectivity index (χ0v) is 9.93. The predicted octanol–water partition coefficient (Wildman–Crippen LogP) is 1.15. The Labute approximate surface area is 85.6 Å². The maximum atomic E-state index is 11.7. The summed E-state index contributed by atoms with van der Waals surface area (Å²) < 4.78 is 27.8. The van der Waals surface area contributed by atoms with Crippen LogP contribution in [0.25, 0.3) is 0 Å². The number of carbonyl (C=O) groups excluding carboxylic acids is 1. The van der Waals surface area contributed by atoms with E-state index in [1.165, 1.54) is 7.11 Å². The molecular weight excluding hydrogens is 204 g/mol. The predicted molar refractivity (Wildman–Crippen MR) is 54.8 cm³/mol. The van der Waals surface area contributed by atoms with Gasteiger partial charge in [-0.25, -0.2) is 8.42 Å². The molecule has 0 amide bonds. The maximum Gasteiger partial charge on any atom is 0.306 e. The van der Waals surface area contributed by atoms with Gasteiger partial charge in [-0.2, -0.15) is 0 Å². The van der Waals surface area contributed by atoms with E-state index in [1.807, 2.05) is 6.92 Å². The molecule has 0 aromatic heterocycles. The molecule has 0 rings (SSSR count). The van der Waals surface area contributed by atoms with Gasteiger partial charge in [0.1, 0.15) is 0 Å². The van der Waals surface area contributed by atoms with Crippen LogP contribution >= 0.6 is 0 Å². The van der Waals surface area contributed by atoms with Gasteiger partial charge in [-0.15, -0.1) is 0 Å². The summed E-state index contributed by atoms with van der Waals surface area (Å²) in [4.78, 5) is 10.9. The minimum atomic E-state index is -3.20. The molecule has 0 fully saturated rings. The third-order valence-corrected chi connectivity index (χ3v) is 5.12. The summed E-state index contributed by atoms with van der Waals surface area (Å²) in [6.45, 7) is 5.01. The molecule has 0 spiro atoms. The number of sulfone groups is 1. The van der Waals surface area contributed by atoms with Crippen LogP contribution in [0.3, 0.4) is 0 Å². The largest absolute Gasteiger partial charge is 0.469 e. The van der Waals surface area contributed by atoms with Gasteiger partial charge in [0.15, 0.2) is 9.84 Å². The SMILES string of the molecule is CCC(C)S(=O)(=O)C(C)CC(=O)OC. The van der Waals surface area contributed by atoms with Crippen LogP contribution in [-0.4, -0.2) is 32.0 Å². The van der Waals surface area contributed by atoms with Gasteiger partial charge in [-0.1, -0.05) is 6.92 Å². The number of esters is 1. The minimum absolute atomic E-state index is 0.0663. The van der Waals surface area contributed by atoms with Gasteiger partial charge in [0.05, 0.1) is 24.0 Å². The normalized spacial score (nSPS) is 16.0. The standard InChI is InChI=1S/C9H18O4S/c1-5-7(2)14(11,12)8(3)6-9(10)13-4/h7-8H,5-6H2,1-4H3. The highest BCUT2D eigenvalue weighted by Gasteiger charge is 2.28. The van der Waals surface area contributed by atoms with Crippen molar-refractivity contribution in [1.82, 2.24) is 0 Å². The third kappa shape index (κ3) is 3.29. The Morgan fingerprint density at radius 2 is 1.79 bits per heavy atom. The minimum Gasteiger partial charge on any atom is -0.469 e. The summed E-state index contributed by atoms with van der Waals surface area (Å²) in [6, 6.07) is 0. The van der Waals surface area contributed by atoms with Crippen molar-refractivity contribution < 1.29 is 17.9 Å². The number of rotatable bonds is 5. The van der Waals surface area contributed by atoms with Crippen LogP contribution in [0.1, 0.15) is 33.6 Å². The molecule has 0 N–H and O–H groups in total.